The molecule has 2 aromatic carbocycles. The number of esters is 1. The first kappa shape index (κ1) is 19.0. The number of carbonyl (C=O) groups is 3. The van der Waals surface area contributed by atoms with Gasteiger partial charge in [-0.2, -0.15) is 0 Å². The van der Waals surface area contributed by atoms with Gasteiger partial charge < -0.3 is 20.1 Å². The number of carbonyl (C=O) groups excluding carboxylic acids is 3. The Labute approximate surface area is 151 Å². The molecule has 2 N–H and O–H groups in total. The molecule has 0 unspecified atom stereocenters. The summed E-state index contributed by atoms with van der Waals surface area (Å²) in [5.74, 6) is -1.01. The summed E-state index contributed by atoms with van der Waals surface area (Å²) in [4.78, 5) is 36.2. The molecule has 2 aromatic rings. The van der Waals surface area contributed by atoms with Crippen LogP contribution >= 0.6 is 0 Å². The third-order valence-electron chi connectivity index (χ3n) is 3.46. The number of amides is 2. The standard InChI is InChI=1S/C19H20N2O5/c1-3-26-19(24)13-8-4-6-10-15(13)21-17(22)12-20-18(23)14-9-5-7-11-16(14)25-2/h4-11H,3,12H2,1-2H3,(H,20,23)(H,21,22). The van der Waals surface area contributed by atoms with Gasteiger partial charge >= 0.3 is 5.97 Å². The highest BCUT2D eigenvalue weighted by atomic mass is 16.5. The monoisotopic (exact) mass is 356 g/mol. The van der Waals surface area contributed by atoms with E-state index in [0.29, 0.717) is 17.0 Å². The summed E-state index contributed by atoms with van der Waals surface area (Å²) in [6.45, 7) is 1.68. The summed E-state index contributed by atoms with van der Waals surface area (Å²) in [5, 5.41) is 5.12. The lowest BCUT2D eigenvalue weighted by molar-refractivity contribution is -0.115. The SMILES string of the molecule is CCOC(=O)c1ccccc1NC(=O)CNC(=O)c1ccccc1OC. The van der Waals surface area contributed by atoms with Crippen molar-refractivity contribution in [3.63, 3.8) is 0 Å². The number of methoxy groups -OCH3 is 1. The summed E-state index contributed by atoms with van der Waals surface area (Å²) in [6.07, 6.45) is 0. The zero-order chi connectivity index (χ0) is 18.9. The highest BCUT2D eigenvalue weighted by Gasteiger charge is 2.16. The van der Waals surface area contributed by atoms with Gasteiger partial charge in [-0.25, -0.2) is 4.79 Å². The predicted molar refractivity (Wildman–Crippen MR) is 96.4 cm³/mol. The molecule has 0 saturated carbocycles. The van der Waals surface area contributed by atoms with Crippen LogP contribution in [0.5, 0.6) is 5.75 Å². The number of ether oxygens (including phenoxy) is 2. The van der Waals surface area contributed by atoms with Gasteiger partial charge in [-0.05, 0) is 31.2 Å². The fourth-order valence-electron chi connectivity index (χ4n) is 2.26. The number of benzene rings is 2. The van der Waals surface area contributed by atoms with Crippen molar-refractivity contribution in [1.29, 1.82) is 0 Å². The number of rotatable bonds is 7. The molecule has 2 amide bonds. The van der Waals surface area contributed by atoms with Crippen LogP contribution < -0.4 is 15.4 Å². The van der Waals surface area contributed by atoms with Gasteiger partial charge in [0.25, 0.3) is 5.91 Å². The molecule has 0 aliphatic carbocycles. The minimum Gasteiger partial charge on any atom is -0.496 e. The minimum absolute atomic E-state index is 0.232. The fraction of sp³-hybridized carbons (Fsp3) is 0.211. The van der Waals surface area contributed by atoms with Gasteiger partial charge in [0.2, 0.25) is 5.91 Å². The Morgan fingerprint density at radius 1 is 0.962 bits per heavy atom. The Morgan fingerprint density at radius 2 is 1.62 bits per heavy atom. The number of hydrogen-bond acceptors (Lipinski definition) is 5. The molecule has 136 valence electrons. The first-order valence-corrected chi connectivity index (χ1v) is 8.04. The van der Waals surface area contributed by atoms with E-state index in [1.54, 1.807) is 55.5 Å². The Hall–Kier alpha value is -3.35. The Kier molecular flexibility index (Phi) is 6.73. The lowest BCUT2D eigenvalue weighted by Crippen LogP contribution is -2.33. The van der Waals surface area contributed by atoms with Crippen LogP contribution in [0.15, 0.2) is 48.5 Å². The molecule has 7 heteroatoms. The average molecular weight is 356 g/mol. The minimum atomic E-state index is -0.526. The summed E-state index contributed by atoms with van der Waals surface area (Å²) in [5.41, 5.74) is 0.899. The third kappa shape index (κ3) is 4.83. The molecular weight excluding hydrogens is 336 g/mol. The summed E-state index contributed by atoms with van der Waals surface area (Å²) < 4.78 is 10.1. The smallest absolute Gasteiger partial charge is 0.340 e. The van der Waals surface area contributed by atoms with Crippen molar-refractivity contribution in [2.24, 2.45) is 0 Å². The molecule has 0 saturated heterocycles. The van der Waals surface area contributed by atoms with Crippen molar-refractivity contribution in [2.45, 2.75) is 6.92 Å². The molecule has 7 nitrogen and oxygen atoms in total. The molecule has 0 aliphatic rings. The van der Waals surface area contributed by atoms with Crippen molar-refractivity contribution < 1.29 is 23.9 Å². The van der Waals surface area contributed by atoms with Crippen LogP contribution in [0.25, 0.3) is 0 Å². The van der Waals surface area contributed by atoms with E-state index >= 15 is 0 Å². The predicted octanol–water partition coefficient (Wildman–Crippen LogP) is 2.24. The molecule has 0 heterocycles. The van der Waals surface area contributed by atoms with E-state index < -0.39 is 17.8 Å². The molecule has 0 aliphatic heterocycles. The van der Waals surface area contributed by atoms with Crippen molar-refractivity contribution in [1.82, 2.24) is 5.32 Å². The quantitative estimate of drug-likeness (QED) is 0.742. The molecule has 0 aromatic heterocycles. The maximum absolute atomic E-state index is 12.2. The second-order valence-corrected chi connectivity index (χ2v) is 5.20. The normalized spacial score (nSPS) is 9.92. The number of anilines is 1. The van der Waals surface area contributed by atoms with E-state index in [2.05, 4.69) is 10.6 Å². The van der Waals surface area contributed by atoms with Crippen LogP contribution in [0.4, 0.5) is 5.69 Å². The Bertz CT molecular complexity index is 804. The maximum Gasteiger partial charge on any atom is 0.340 e. The summed E-state index contributed by atoms with van der Waals surface area (Å²) in [7, 11) is 1.46. The van der Waals surface area contributed by atoms with Gasteiger partial charge in [0.05, 0.1) is 37.1 Å². The summed E-state index contributed by atoms with van der Waals surface area (Å²) >= 11 is 0. The maximum atomic E-state index is 12.2. The van der Waals surface area contributed by atoms with Gasteiger partial charge in [0.15, 0.2) is 0 Å². The molecule has 2 rings (SSSR count). The Morgan fingerprint density at radius 3 is 2.31 bits per heavy atom. The average Bonchev–Trinajstić information content (AvgIpc) is 2.66. The van der Waals surface area contributed by atoms with Crippen LogP contribution in [0.1, 0.15) is 27.6 Å². The van der Waals surface area contributed by atoms with E-state index in [0.717, 1.165) is 0 Å². The number of hydrogen-bond donors (Lipinski definition) is 2. The molecule has 0 bridgehead atoms. The van der Waals surface area contributed by atoms with Gasteiger partial charge in [0.1, 0.15) is 5.75 Å². The van der Waals surface area contributed by atoms with E-state index in [4.69, 9.17) is 9.47 Å². The van der Waals surface area contributed by atoms with Crippen molar-refractivity contribution in [3.05, 3.63) is 59.7 Å². The lowest BCUT2D eigenvalue weighted by Gasteiger charge is -2.11. The zero-order valence-corrected chi connectivity index (χ0v) is 14.6. The highest BCUT2D eigenvalue weighted by molar-refractivity contribution is 6.04. The topological polar surface area (TPSA) is 93.7 Å². The van der Waals surface area contributed by atoms with Gasteiger partial charge in [-0.15, -0.1) is 0 Å². The van der Waals surface area contributed by atoms with E-state index in [-0.39, 0.29) is 18.7 Å². The molecule has 0 radical (unpaired) electrons. The van der Waals surface area contributed by atoms with Crippen LogP contribution in [-0.4, -0.2) is 38.0 Å². The van der Waals surface area contributed by atoms with E-state index in [9.17, 15) is 14.4 Å². The van der Waals surface area contributed by atoms with E-state index in [1.807, 2.05) is 0 Å². The van der Waals surface area contributed by atoms with Crippen molar-refractivity contribution in [2.75, 3.05) is 25.6 Å². The van der Waals surface area contributed by atoms with Gasteiger partial charge in [0, 0.05) is 0 Å². The molecule has 0 spiro atoms. The number of nitrogens with one attached hydrogen (secondary N) is 2. The van der Waals surface area contributed by atoms with Crippen LogP contribution in [0, 0.1) is 0 Å². The molecular formula is C19H20N2O5. The van der Waals surface area contributed by atoms with Crippen LogP contribution in [-0.2, 0) is 9.53 Å². The van der Waals surface area contributed by atoms with E-state index in [1.165, 1.54) is 7.11 Å². The van der Waals surface area contributed by atoms with Crippen molar-refractivity contribution in [3.8, 4) is 5.75 Å². The second kappa shape index (κ2) is 9.22. The Balaban J connectivity index is 1.99. The first-order valence-electron chi connectivity index (χ1n) is 8.04. The highest BCUT2D eigenvalue weighted by Crippen LogP contribution is 2.17. The fourth-order valence-corrected chi connectivity index (χ4v) is 2.26. The lowest BCUT2D eigenvalue weighted by atomic mass is 10.1. The molecule has 0 atom stereocenters. The molecule has 0 fully saturated rings. The second-order valence-electron chi connectivity index (χ2n) is 5.20. The van der Waals surface area contributed by atoms with Crippen LogP contribution in [0.2, 0.25) is 0 Å². The molecule has 26 heavy (non-hydrogen) atoms. The first-order chi connectivity index (χ1) is 12.6. The van der Waals surface area contributed by atoms with Gasteiger partial charge in [-0.1, -0.05) is 24.3 Å². The van der Waals surface area contributed by atoms with Gasteiger partial charge in [-0.3, -0.25) is 9.59 Å². The third-order valence-corrected chi connectivity index (χ3v) is 3.46. The largest absolute Gasteiger partial charge is 0.496 e. The van der Waals surface area contributed by atoms with Crippen molar-refractivity contribution >= 4 is 23.5 Å². The van der Waals surface area contributed by atoms with Crippen LogP contribution in [0.3, 0.4) is 0 Å². The number of para-hydroxylation sites is 2. The zero-order valence-electron chi connectivity index (χ0n) is 14.6. The summed E-state index contributed by atoms with van der Waals surface area (Å²) in [6, 6.07) is 13.2.